The van der Waals surface area contributed by atoms with Crippen LogP contribution in [0, 0.1) is 5.41 Å². The van der Waals surface area contributed by atoms with Gasteiger partial charge in [0.05, 0.1) is 0 Å². The van der Waals surface area contributed by atoms with Gasteiger partial charge in [0.25, 0.3) is 0 Å². The molecule has 8 heteroatoms. The van der Waals surface area contributed by atoms with Gasteiger partial charge in [-0.1, -0.05) is 23.3 Å². The number of aromatic nitrogens is 2. The van der Waals surface area contributed by atoms with Crippen molar-refractivity contribution in [3.8, 4) is 11.5 Å². The second-order valence-electron chi connectivity index (χ2n) is 7.36. The van der Waals surface area contributed by atoms with Gasteiger partial charge in [0.2, 0.25) is 17.7 Å². The Bertz CT molecular complexity index is 801. The van der Waals surface area contributed by atoms with E-state index >= 15 is 0 Å². The lowest BCUT2D eigenvalue weighted by Gasteiger charge is -2.44. The van der Waals surface area contributed by atoms with Crippen LogP contribution in [0.2, 0.25) is 0 Å². The maximum atomic E-state index is 13.2. The van der Waals surface area contributed by atoms with E-state index in [1.54, 1.807) is 11.8 Å². The number of benzene rings is 1. The van der Waals surface area contributed by atoms with Gasteiger partial charge >= 0.3 is 6.01 Å². The first-order chi connectivity index (χ1) is 12.4. The summed E-state index contributed by atoms with van der Waals surface area (Å²) in [6, 6.07) is 8.91. The number of nitrogens with zero attached hydrogens (tertiary/aromatic N) is 3. The van der Waals surface area contributed by atoms with Crippen LogP contribution >= 0.6 is 0 Å². The third-order valence-corrected chi connectivity index (χ3v) is 5.17. The Morgan fingerprint density at radius 1 is 1.27 bits per heavy atom. The van der Waals surface area contributed by atoms with Crippen LogP contribution in [0.3, 0.4) is 0 Å². The van der Waals surface area contributed by atoms with E-state index < -0.39 is 17.4 Å². The van der Waals surface area contributed by atoms with E-state index in [2.05, 4.69) is 15.5 Å². The van der Waals surface area contributed by atoms with Gasteiger partial charge in [-0.25, -0.2) is 8.78 Å². The van der Waals surface area contributed by atoms with Gasteiger partial charge in [-0.3, -0.25) is 4.79 Å². The van der Waals surface area contributed by atoms with E-state index in [4.69, 9.17) is 4.42 Å². The molecule has 1 saturated carbocycles. The van der Waals surface area contributed by atoms with Crippen molar-refractivity contribution in [3.05, 3.63) is 30.3 Å². The Hall–Kier alpha value is -2.51. The Morgan fingerprint density at radius 2 is 2.00 bits per heavy atom. The van der Waals surface area contributed by atoms with Crippen LogP contribution in [0.1, 0.15) is 26.2 Å². The van der Waals surface area contributed by atoms with Crippen molar-refractivity contribution in [2.24, 2.45) is 5.41 Å². The average Bonchev–Trinajstić information content (AvgIpc) is 3.21. The summed E-state index contributed by atoms with van der Waals surface area (Å²) in [4.78, 5) is 14.3. The summed E-state index contributed by atoms with van der Waals surface area (Å²) >= 11 is 0. The number of likely N-dealkylation sites (tertiary alicyclic amines) is 1. The van der Waals surface area contributed by atoms with Crippen molar-refractivity contribution in [1.29, 1.82) is 0 Å². The molecule has 4 rings (SSSR count). The Labute approximate surface area is 149 Å². The zero-order chi connectivity index (χ0) is 18.4. The van der Waals surface area contributed by atoms with Crippen LogP contribution in [0.5, 0.6) is 0 Å². The zero-order valence-corrected chi connectivity index (χ0v) is 14.4. The molecule has 1 aliphatic heterocycles. The molecule has 1 aliphatic carbocycles. The van der Waals surface area contributed by atoms with Gasteiger partial charge in [-0.15, -0.1) is 5.10 Å². The highest BCUT2D eigenvalue weighted by Gasteiger charge is 2.59. The monoisotopic (exact) mass is 362 g/mol. The van der Waals surface area contributed by atoms with Gasteiger partial charge < -0.3 is 14.6 Å². The van der Waals surface area contributed by atoms with Crippen LogP contribution in [0.4, 0.5) is 14.8 Å². The lowest BCUT2D eigenvalue weighted by Crippen LogP contribution is -2.49. The molecule has 1 aromatic carbocycles. The summed E-state index contributed by atoms with van der Waals surface area (Å²) in [6.07, 6.45) is 0.408. The molecule has 1 amide bonds. The second-order valence-corrected chi connectivity index (χ2v) is 7.36. The van der Waals surface area contributed by atoms with E-state index in [0.29, 0.717) is 25.4 Å². The number of anilines is 1. The maximum absolute atomic E-state index is 13.2. The molecule has 2 aliphatic rings. The number of alkyl halides is 2. The summed E-state index contributed by atoms with van der Waals surface area (Å²) in [7, 11) is 0. The molecule has 0 radical (unpaired) electrons. The molecule has 1 N–H and O–H groups in total. The molecule has 2 aromatic rings. The van der Waals surface area contributed by atoms with Gasteiger partial charge in [-0.05, 0) is 25.5 Å². The second kappa shape index (κ2) is 6.03. The highest BCUT2D eigenvalue weighted by molar-refractivity contribution is 5.84. The molecule has 1 saturated heterocycles. The summed E-state index contributed by atoms with van der Waals surface area (Å²) in [5.41, 5.74) is 0.392. The third-order valence-electron chi connectivity index (χ3n) is 5.17. The molecule has 2 heterocycles. The van der Waals surface area contributed by atoms with Crippen LogP contribution in [0.25, 0.3) is 11.5 Å². The highest BCUT2D eigenvalue weighted by atomic mass is 19.3. The largest absolute Gasteiger partial charge is 0.403 e. The SMILES string of the molecule is C[C@H](Nc1nnc(-c2ccccc2)o1)C(=O)N1CCC2(C1)CC(F)(F)C2. The van der Waals surface area contributed by atoms with Crippen LogP contribution in [-0.2, 0) is 4.79 Å². The number of nitrogens with one attached hydrogen (secondary N) is 1. The van der Waals surface area contributed by atoms with Crippen molar-refractivity contribution in [3.63, 3.8) is 0 Å². The quantitative estimate of drug-likeness (QED) is 0.904. The summed E-state index contributed by atoms with van der Waals surface area (Å²) in [5.74, 6) is -2.35. The number of halogens is 2. The Kier molecular flexibility index (Phi) is 3.93. The van der Waals surface area contributed by atoms with Gasteiger partial charge in [0.15, 0.2) is 0 Å². The smallest absolute Gasteiger partial charge is 0.316 e. The molecule has 138 valence electrons. The Morgan fingerprint density at radius 3 is 2.69 bits per heavy atom. The van der Waals surface area contributed by atoms with E-state index in [9.17, 15) is 13.6 Å². The van der Waals surface area contributed by atoms with E-state index in [0.717, 1.165) is 5.56 Å². The number of carbonyl (C=O) groups is 1. The molecular formula is C18H20F2N4O2. The number of carbonyl (C=O) groups excluding carboxylic acids is 1. The first kappa shape index (κ1) is 16.9. The fraction of sp³-hybridized carbons (Fsp3) is 0.500. The van der Waals surface area contributed by atoms with Crippen LogP contribution in [-0.4, -0.2) is 46.1 Å². The standard InChI is InChI=1S/C18H20F2N4O2/c1-12(15(25)24-8-7-17(11-24)9-18(19,20)10-17)21-16-23-22-14(26-16)13-5-3-2-4-6-13/h2-6,12H,7-11H2,1H3,(H,21,23)/t12-/m0/s1. The average molecular weight is 362 g/mol. The molecule has 6 nitrogen and oxygen atoms in total. The predicted molar refractivity (Wildman–Crippen MR) is 90.6 cm³/mol. The van der Waals surface area contributed by atoms with Crippen LogP contribution < -0.4 is 5.32 Å². The van der Waals surface area contributed by atoms with Crippen molar-refractivity contribution in [1.82, 2.24) is 15.1 Å². The Balaban J connectivity index is 1.36. The zero-order valence-electron chi connectivity index (χ0n) is 14.4. The molecule has 0 bridgehead atoms. The minimum atomic E-state index is -2.57. The first-order valence-corrected chi connectivity index (χ1v) is 8.68. The minimum absolute atomic E-state index is 0.115. The highest BCUT2D eigenvalue weighted by Crippen LogP contribution is 2.56. The molecule has 1 spiro atoms. The van der Waals surface area contributed by atoms with Crippen molar-refractivity contribution < 1.29 is 18.0 Å². The molecule has 0 unspecified atom stereocenters. The lowest BCUT2D eigenvalue weighted by atomic mass is 9.65. The molecule has 1 atom stereocenters. The summed E-state index contributed by atoms with van der Waals surface area (Å²) in [6.45, 7) is 2.61. The third kappa shape index (κ3) is 3.15. The fourth-order valence-electron chi connectivity index (χ4n) is 3.96. The maximum Gasteiger partial charge on any atom is 0.316 e. The molecule has 1 aromatic heterocycles. The number of hydrogen-bond acceptors (Lipinski definition) is 5. The van der Waals surface area contributed by atoms with E-state index in [1.807, 2.05) is 30.3 Å². The van der Waals surface area contributed by atoms with Crippen molar-refractivity contribution >= 4 is 11.9 Å². The molecular weight excluding hydrogens is 342 g/mol. The van der Waals surface area contributed by atoms with E-state index in [1.165, 1.54) is 0 Å². The minimum Gasteiger partial charge on any atom is -0.403 e. The lowest BCUT2D eigenvalue weighted by molar-refractivity contribution is -0.158. The first-order valence-electron chi connectivity index (χ1n) is 8.68. The number of rotatable bonds is 4. The fourth-order valence-corrected chi connectivity index (χ4v) is 3.96. The summed E-state index contributed by atoms with van der Waals surface area (Å²) < 4.78 is 32.0. The van der Waals surface area contributed by atoms with Crippen molar-refractivity contribution in [2.75, 3.05) is 18.4 Å². The molecule has 2 fully saturated rings. The van der Waals surface area contributed by atoms with E-state index in [-0.39, 0.29) is 24.8 Å². The van der Waals surface area contributed by atoms with Gasteiger partial charge in [0, 0.05) is 36.9 Å². The predicted octanol–water partition coefficient (Wildman–Crippen LogP) is 3.18. The summed E-state index contributed by atoms with van der Waals surface area (Å²) in [5, 5.41) is 10.8. The number of hydrogen-bond donors (Lipinski definition) is 1. The van der Waals surface area contributed by atoms with Crippen molar-refractivity contribution in [2.45, 2.75) is 38.2 Å². The van der Waals surface area contributed by atoms with Crippen LogP contribution in [0.15, 0.2) is 34.7 Å². The number of amides is 1. The topological polar surface area (TPSA) is 71.3 Å². The van der Waals surface area contributed by atoms with Gasteiger partial charge in [0.1, 0.15) is 6.04 Å². The molecule has 26 heavy (non-hydrogen) atoms. The normalized spacial score (nSPS) is 21.4. The van der Waals surface area contributed by atoms with Gasteiger partial charge in [-0.2, -0.15) is 0 Å².